The van der Waals surface area contributed by atoms with Gasteiger partial charge in [-0.05, 0) is 42.5 Å². The Bertz CT molecular complexity index is 1040. The lowest BCUT2D eigenvalue weighted by Crippen LogP contribution is -2.47. The van der Waals surface area contributed by atoms with Crippen molar-refractivity contribution in [3.05, 3.63) is 65.7 Å². The highest BCUT2D eigenvalue weighted by Gasteiger charge is 2.48. The molecule has 0 N–H and O–H groups in total. The summed E-state index contributed by atoms with van der Waals surface area (Å²) >= 11 is 0. The second kappa shape index (κ2) is 8.87. The molecule has 0 bridgehead atoms. The molecule has 0 aromatic heterocycles. The first-order chi connectivity index (χ1) is 15.7. The van der Waals surface area contributed by atoms with Crippen molar-refractivity contribution >= 4 is 11.7 Å². The van der Waals surface area contributed by atoms with Crippen molar-refractivity contribution in [2.45, 2.75) is 45.2 Å². The molecule has 3 aliphatic rings. The quantitative estimate of drug-likeness (QED) is 0.400. The number of likely N-dealkylation sites (tertiary alicyclic amines) is 1. The molecule has 1 fully saturated rings. The summed E-state index contributed by atoms with van der Waals surface area (Å²) in [4.78, 5) is 17.4. The normalized spacial score (nSPS) is 15.7. The molecule has 6 heteroatoms. The zero-order chi connectivity index (χ0) is 22.1. The Kier molecular flexibility index (Phi) is 5.79. The van der Waals surface area contributed by atoms with Crippen molar-refractivity contribution in [1.82, 2.24) is 14.3 Å². The van der Waals surface area contributed by atoms with E-state index in [9.17, 15) is 4.79 Å². The van der Waals surface area contributed by atoms with Gasteiger partial charge in [-0.3, -0.25) is 14.4 Å². The minimum absolute atomic E-state index is 0.242. The number of fused-ring (bicyclic) bond motifs is 1. The number of amides is 1. The molecule has 168 valence electrons. The minimum atomic E-state index is 0.242. The van der Waals surface area contributed by atoms with Crippen LogP contribution in [0.25, 0.3) is 5.82 Å². The van der Waals surface area contributed by atoms with Crippen molar-refractivity contribution in [3.63, 3.8) is 0 Å². The molecule has 0 spiro atoms. The second-order valence-corrected chi connectivity index (χ2v) is 8.79. The molecule has 0 saturated carbocycles. The smallest absolute Gasteiger partial charge is 0.228 e. The van der Waals surface area contributed by atoms with Crippen molar-refractivity contribution in [1.29, 1.82) is 0 Å². The van der Waals surface area contributed by atoms with Crippen LogP contribution in [0, 0.1) is 0 Å². The van der Waals surface area contributed by atoms with Crippen molar-refractivity contribution in [2.24, 2.45) is 0 Å². The van der Waals surface area contributed by atoms with E-state index in [0.717, 1.165) is 57.0 Å². The fourth-order valence-corrected chi connectivity index (χ4v) is 4.76. The predicted molar refractivity (Wildman–Crippen MR) is 127 cm³/mol. The topological polar surface area (TPSA) is 42.6 Å². The van der Waals surface area contributed by atoms with Crippen LogP contribution in [0.1, 0.15) is 37.3 Å². The van der Waals surface area contributed by atoms with E-state index in [2.05, 4.69) is 61.6 Å². The molecule has 0 unspecified atom stereocenters. The molecule has 6 nitrogen and oxygen atoms in total. The summed E-state index contributed by atoms with van der Waals surface area (Å²) in [6.45, 7) is 6.02. The van der Waals surface area contributed by atoms with Gasteiger partial charge >= 0.3 is 0 Å². The molecule has 2 aromatic carbocycles. The van der Waals surface area contributed by atoms with Crippen LogP contribution in [-0.2, 0) is 17.8 Å². The van der Waals surface area contributed by atoms with Crippen LogP contribution in [0.3, 0.4) is 0 Å². The fraction of sp³-hybridized carbons (Fsp3) is 0.423. The zero-order valence-electron chi connectivity index (χ0n) is 19.0. The number of carbonyl (C=O) groups excluding carboxylic acids is 1. The summed E-state index contributed by atoms with van der Waals surface area (Å²) in [6, 6.07) is 19.2. The Balaban J connectivity index is 1.17. The summed E-state index contributed by atoms with van der Waals surface area (Å²) in [7, 11) is 1.68. The Hall–Kier alpha value is -2.99. The highest BCUT2D eigenvalue weighted by molar-refractivity contribution is 5.99. The molecule has 0 atom stereocenters. The fourth-order valence-electron chi connectivity index (χ4n) is 4.76. The number of rotatable bonds is 9. The van der Waals surface area contributed by atoms with Gasteiger partial charge in [-0.2, -0.15) is 0 Å². The van der Waals surface area contributed by atoms with Gasteiger partial charge in [0.2, 0.25) is 5.91 Å². The molecule has 3 heterocycles. The Labute approximate surface area is 190 Å². The van der Waals surface area contributed by atoms with Crippen molar-refractivity contribution in [2.75, 3.05) is 31.6 Å². The predicted octanol–water partition coefficient (Wildman–Crippen LogP) is 4.10. The number of hydrogen-bond donors (Lipinski definition) is 0. The molecular formula is C26H32N4O2. The van der Waals surface area contributed by atoms with Crippen LogP contribution in [0.15, 0.2) is 54.6 Å². The summed E-state index contributed by atoms with van der Waals surface area (Å²) < 4.78 is 9.67. The van der Waals surface area contributed by atoms with Crippen LogP contribution < -0.4 is 9.64 Å². The van der Waals surface area contributed by atoms with E-state index in [1.54, 1.807) is 7.11 Å². The number of anilines is 1. The van der Waals surface area contributed by atoms with Crippen LogP contribution in [0.4, 0.5) is 5.82 Å². The molecule has 32 heavy (non-hydrogen) atoms. The van der Waals surface area contributed by atoms with Crippen LogP contribution in [-0.4, -0.2) is 53.0 Å². The highest BCUT2D eigenvalue weighted by atomic mass is 16.5. The number of nitrogens with zero attached hydrogens (tertiary/aromatic N) is 4. The number of hydrogen-bond acceptors (Lipinski definition) is 3. The Morgan fingerprint density at radius 2 is 1.72 bits per heavy atom. The van der Waals surface area contributed by atoms with E-state index in [4.69, 9.17) is 4.74 Å². The number of benzene rings is 2. The maximum Gasteiger partial charge on any atom is 0.228 e. The lowest BCUT2D eigenvalue weighted by Gasteiger charge is -2.37. The standard InChI is InChI=1S/C26H32N4O2/c1-3-24(31)29(22-14-17-27(18-15-22)16-13-20-7-5-4-6-8-20)26-25-28(30(25)26)19-21-9-11-23(32-2)12-10-21/h4-12,22H,3,13-19H2,1-2H3. The third-order valence-electron chi connectivity index (χ3n) is 6.77. The molecule has 5 rings (SSSR count). The third kappa shape index (κ3) is 4.19. The maximum atomic E-state index is 12.8. The first-order valence-corrected chi connectivity index (χ1v) is 11.7. The number of methoxy groups -OCH3 is 1. The van der Waals surface area contributed by atoms with Gasteiger partial charge in [-0.15, -0.1) is 0 Å². The molecule has 1 amide bonds. The van der Waals surface area contributed by atoms with Crippen LogP contribution in [0.2, 0.25) is 0 Å². The maximum absolute atomic E-state index is 12.8. The Morgan fingerprint density at radius 1 is 1.03 bits per heavy atom. The van der Waals surface area contributed by atoms with E-state index in [-0.39, 0.29) is 5.91 Å². The molecule has 3 aliphatic heterocycles. The van der Waals surface area contributed by atoms with Gasteiger partial charge < -0.3 is 9.64 Å². The lowest BCUT2D eigenvalue weighted by atomic mass is 10.0. The Morgan fingerprint density at radius 3 is 2.34 bits per heavy atom. The average Bonchev–Trinajstić information content (AvgIpc) is 3.76. The summed E-state index contributed by atoms with van der Waals surface area (Å²) in [5.41, 5.74) is 2.64. The molecule has 0 aliphatic carbocycles. The summed E-state index contributed by atoms with van der Waals surface area (Å²) in [6.07, 6.45) is 3.73. The first-order valence-electron chi connectivity index (χ1n) is 11.7. The molecule has 0 radical (unpaired) electrons. The van der Waals surface area contributed by atoms with Gasteiger partial charge in [0.1, 0.15) is 5.75 Å². The first kappa shape index (κ1) is 20.9. The van der Waals surface area contributed by atoms with Gasteiger partial charge in [-0.25, -0.2) is 4.68 Å². The van der Waals surface area contributed by atoms with Gasteiger partial charge in [-0.1, -0.05) is 49.4 Å². The van der Waals surface area contributed by atoms with Crippen LogP contribution in [0.5, 0.6) is 5.75 Å². The van der Waals surface area contributed by atoms with E-state index in [1.807, 2.05) is 19.1 Å². The monoisotopic (exact) mass is 432 g/mol. The van der Waals surface area contributed by atoms with Crippen LogP contribution >= 0.6 is 0 Å². The molecular weight excluding hydrogens is 400 g/mol. The number of carbonyl (C=O) groups is 1. The SMILES string of the molecule is CCC(=O)N(c1c2n(Cc3ccc(OC)cc3)n1-2)C1CCN(CCc2ccccc2)CC1. The number of piperidine rings is 1. The summed E-state index contributed by atoms with van der Waals surface area (Å²) in [5.74, 6) is 3.47. The van der Waals surface area contributed by atoms with E-state index in [0.29, 0.717) is 12.5 Å². The second-order valence-electron chi connectivity index (χ2n) is 8.79. The molecule has 2 aromatic rings. The minimum Gasteiger partial charge on any atom is -0.497 e. The summed E-state index contributed by atoms with van der Waals surface area (Å²) in [5, 5.41) is 0. The third-order valence-corrected chi connectivity index (χ3v) is 6.77. The highest BCUT2D eigenvalue weighted by Crippen LogP contribution is 2.49. The van der Waals surface area contributed by atoms with E-state index in [1.165, 1.54) is 16.9 Å². The van der Waals surface area contributed by atoms with E-state index >= 15 is 0 Å². The van der Waals surface area contributed by atoms with Gasteiger partial charge in [0, 0.05) is 32.1 Å². The molecule has 1 saturated heterocycles. The van der Waals surface area contributed by atoms with Crippen molar-refractivity contribution < 1.29 is 9.53 Å². The lowest BCUT2D eigenvalue weighted by molar-refractivity contribution is -0.119. The van der Waals surface area contributed by atoms with E-state index < -0.39 is 0 Å². The largest absolute Gasteiger partial charge is 0.497 e. The zero-order valence-corrected chi connectivity index (χ0v) is 19.0. The van der Waals surface area contributed by atoms with Crippen molar-refractivity contribution in [3.8, 4) is 11.6 Å². The number of aromatic nitrogens is 2. The van der Waals surface area contributed by atoms with Gasteiger partial charge in [0.15, 0.2) is 11.6 Å². The average molecular weight is 433 g/mol. The van der Waals surface area contributed by atoms with Gasteiger partial charge in [0.25, 0.3) is 0 Å². The number of ether oxygens (including phenoxy) is 1. The van der Waals surface area contributed by atoms with Gasteiger partial charge in [0.05, 0.1) is 13.7 Å².